The molecule has 2 aliphatic heterocycles. The molecule has 6 heteroatoms. The van der Waals surface area contributed by atoms with Gasteiger partial charge in [0, 0.05) is 43.3 Å². The second-order valence-electron chi connectivity index (χ2n) is 9.11. The van der Waals surface area contributed by atoms with Crippen molar-refractivity contribution >= 4 is 28.5 Å². The minimum Gasteiger partial charge on any atom is -0.341 e. The molecule has 1 aromatic heterocycles. The van der Waals surface area contributed by atoms with Gasteiger partial charge in [0.1, 0.15) is 6.54 Å². The average Bonchev–Trinajstić information content (AvgIpc) is 3.11. The Morgan fingerprint density at radius 3 is 2.30 bits per heavy atom. The molecule has 1 aromatic carbocycles. The quantitative estimate of drug-likeness (QED) is 0.575. The number of hydrogen-bond acceptors (Lipinski definition) is 3. The lowest BCUT2D eigenvalue weighted by atomic mass is 9.91. The summed E-state index contributed by atoms with van der Waals surface area (Å²) in [6.45, 7) is 7.29. The number of carbonyl (C=O) groups excluding carboxylic acids is 3. The summed E-state index contributed by atoms with van der Waals surface area (Å²) >= 11 is 0. The summed E-state index contributed by atoms with van der Waals surface area (Å²) < 4.78 is 1.83. The van der Waals surface area contributed by atoms with Gasteiger partial charge >= 0.3 is 0 Å². The average molecular weight is 410 g/mol. The summed E-state index contributed by atoms with van der Waals surface area (Å²) in [5.74, 6) is -0.0437. The molecular formula is C24H31N3O3. The van der Waals surface area contributed by atoms with Gasteiger partial charge in [0.05, 0.1) is 5.56 Å². The first-order valence-electron chi connectivity index (χ1n) is 11.1. The fourth-order valence-corrected chi connectivity index (χ4v) is 5.04. The van der Waals surface area contributed by atoms with E-state index < -0.39 is 11.7 Å². The second-order valence-corrected chi connectivity index (χ2v) is 9.11. The normalized spacial score (nSPS) is 22.3. The molecule has 0 unspecified atom stereocenters. The van der Waals surface area contributed by atoms with Gasteiger partial charge in [0.2, 0.25) is 5.91 Å². The van der Waals surface area contributed by atoms with Crippen LogP contribution in [0.5, 0.6) is 0 Å². The third-order valence-electron chi connectivity index (χ3n) is 6.40. The molecule has 0 N–H and O–H groups in total. The number of para-hydroxylation sites is 1. The predicted molar refractivity (Wildman–Crippen MR) is 116 cm³/mol. The molecule has 2 saturated heterocycles. The largest absolute Gasteiger partial charge is 0.341 e. The Balaban J connectivity index is 1.59. The highest BCUT2D eigenvalue weighted by atomic mass is 16.2. The molecule has 160 valence electrons. The van der Waals surface area contributed by atoms with Crippen LogP contribution in [0.1, 0.15) is 49.9 Å². The van der Waals surface area contributed by atoms with Crippen molar-refractivity contribution < 1.29 is 14.4 Å². The third kappa shape index (κ3) is 4.13. The maximum atomic E-state index is 13.2. The Hall–Kier alpha value is -2.63. The monoisotopic (exact) mass is 409 g/mol. The molecule has 2 atom stereocenters. The van der Waals surface area contributed by atoms with Gasteiger partial charge in [-0.15, -0.1) is 0 Å². The SMILES string of the molecule is C[C@@H]1C[C@@H](C)CN(C(=O)C(=O)c2cn(CC(=O)N3CCCCC3)c3ccccc23)C1. The van der Waals surface area contributed by atoms with Gasteiger partial charge in [-0.3, -0.25) is 14.4 Å². The van der Waals surface area contributed by atoms with Crippen LogP contribution in [-0.4, -0.2) is 58.1 Å². The first-order chi connectivity index (χ1) is 14.4. The number of piperidine rings is 2. The van der Waals surface area contributed by atoms with Crippen molar-refractivity contribution in [2.24, 2.45) is 11.8 Å². The van der Waals surface area contributed by atoms with Crippen molar-refractivity contribution in [3.63, 3.8) is 0 Å². The second kappa shape index (κ2) is 8.62. The van der Waals surface area contributed by atoms with E-state index in [0.29, 0.717) is 30.5 Å². The molecule has 2 amide bonds. The molecule has 2 aromatic rings. The van der Waals surface area contributed by atoms with Crippen LogP contribution in [0, 0.1) is 11.8 Å². The Bertz CT molecular complexity index is 948. The standard InChI is InChI=1S/C24H31N3O3/c1-17-12-18(2)14-27(13-17)24(30)23(29)20-15-26(21-9-5-4-8-19(20)21)16-22(28)25-10-6-3-7-11-25/h4-5,8-9,15,17-18H,3,6-7,10-14,16H2,1-2H3/t17-,18-/m1/s1. The minimum absolute atomic E-state index is 0.0689. The third-order valence-corrected chi connectivity index (χ3v) is 6.40. The highest BCUT2D eigenvalue weighted by Gasteiger charge is 2.31. The maximum absolute atomic E-state index is 13.2. The molecule has 2 fully saturated rings. The van der Waals surface area contributed by atoms with Crippen molar-refractivity contribution in [2.75, 3.05) is 26.2 Å². The van der Waals surface area contributed by atoms with E-state index in [1.165, 1.54) is 6.42 Å². The number of hydrogen-bond donors (Lipinski definition) is 0. The van der Waals surface area contributed by atoms with Crippen molar-refractivity contribution in [2.45, 2.75) is 46.1 Å². The molecule has 0 aliphatic carbocycles. The van der Waals surface area contributed by atoms with Crippen LogP contribution >= 0.6 is 0 Å². The summed E-state index contributed by atoms with van der Waals surface area (Å²) in [6.07, 6.45) is 6.04. The summed E-state index contributed by atoms with van der Waals surface area (Å²) in [5.41, 5.74) is 1.22. The van der Waals surface area contributed by atoms with Gasteiger partial charge < -0.3 is 14.4 Å². The number of nitrogens with zero attached hydrogens (tertiary/aromatic N) is 3. The van der Waals surface area contributed by atoms with Crippen LogP contribution in [-0.2, 0) is 16.1 Å². The van der Waals surface area contributed by atoms with E-state index in [0.717, 1.165) is 43.3 Å². The lowest BCUT2D eigenvalue weighted by Crippen LogP contribution is -2.45. The highest BCUT2D eigenvalue weighted by Crippen LogP contribution is 2.25. The van der Waals surface area contributed by atoms with Crippen LogP contribution in [0.15, 0.2) is 30.5 Å². The van der Waals surface area contributed by atoms with E-state index in [2.05, 4.69) is 13.8 Å². The smallest absolute Gasteiger partial charge is 0.295 e. The summed E-state index contributed by atoms with van der Waals surface area (Å²) in [6, 6.07) is 7.53. The number of benzene rings is 1. The topological polar surface area (TPSA) is 62.6 Å². The number of likely N-dealkylation sites (tertiary alicyclic amines) is 2. The van der Waals surface area contributed by atoms with Gasteiger partial charge in [0.25, 0.3) is 11.7 Å². The number of carbonyl (C=O) groups is 3. The zero-order valence-electron chi connectivity index (χ0n) is 18.0. The highest BCUT2D eigenvalue weighted by molar-refractivity contribution is 6.44. The molecule has 3 heterocycles. The van der Waals surface area contributed by atoms with E-state index in [-0.39, 0.29) is 12.5 Å². The first kappa shape index (κ1) is 20.6. The molecule has 6 nitrogen and oxygen atoms in total. The molecule has 4 rings (SSSR count). The van der Waals surface area contributed by atoms with E-state index >= 15 is 0 Å². The number of rotatable bonds is 4. The van der Waals surface area contributed by atoms with E-state index in [4.69, 9.17) is 0 Å². The predicted octanol–water partition coefficient (Wildman–Crippen LogP) is 3.34. The molecular weight excluding hydrogens is 378 g/mol. The Morgan fingerprint density at radius 1 is 0.933 bits per heavy atom. The molecule has 2 aliphatic rings. The van der Waals surface area contributed by atoms with Crippen LogP contribution in [0.3, 0.4) is 0 Å². The Labute approximate surface area is 177 Å². The zero-order chi connectivity index (χ0) is 21.3. The number of amides is 2. The lowest BCUT2D eigenvalue weighted by molar-refractivity contribution is -0.132. The maximum Gasteiger partial charge on any atom is 0.295 e. The van der Waals surface area contributed by atoms with Crippen LogP contribution < -0.4 is 0 Å². The summed E-state index contributed by atoms with van der Waals surface area (Å²) in [7, 11) is 0. The zero-order valence-corrected chi connectivity index (χ0v) is 18.0. The van der Waals surface area contributed by atoms with Gasteiger partial charge in [-0.05, 0) is 43.6 Å². The van der Waals surface area contributed by atoms with Gasteiger partial charge in [-0.1, -0.05) is 32.0 Å². The van der Waals surface area contributed by atoms with Crippen molar-refractivity contribution in [1.29, 1.82) is 0 Å². The van der Waals surface area contributed by atoms with Crippen LogP contribution in [0.25, 0.3) is 10.9 Å². The first-order valence-corrected chi connectivity index (χ1v) is 11.1. The van der Waals surface area contributed by atoms with Gasteiger partial charge in [0.15, 0.2) is 0 Å². The number of Topliss-reactive ketones (excluding diaryl/α,β-unsaturated/α-hetero) is 1. The number of fused-ring (bicyclic) bond motifs is 1. The number of aromatic nitrogens is 1. The van der Waals surface area contributed by atoms with Crippen molar-refractivity contribution in [1.82, 2.24) is 14.4 Å². The number of ketones is 1. The minimum atomic E-state index is -0.475. The lowest BCUT2D eigenvalue weighted by Gasteiger charge is -2.34. The van der Waals surface area contributed by atoms with Crippen LogP contribution in [0.4, 0.5) is 0 Å². The molecule has 0 bridgehead atoms. The van der Waals surface area contributed by atoms with E-state index in [1.807, 2.05) is 33.7 Å². The Kier molecular flexibility index (Phi) is 5.93. The molecule has 30 heavy (non-hydrogen) atoms. The van der Waals surface area contributed by atoms with Gasteiger partial charge in [-0.2, -0.15) is 0 Å². The van der Waals surface area contributed by atoms with Crippen molar-refractivity contribution in [3.05, 3.63) is 36.0 Å². The van der Waals surface area contributed by atoms with Crippen molar-refractivity contribution in [3.8, 4) is 0 Å². The Morgan fingerprint density at radius 2 is 1.60 bits per heavy atom. The fraction of sp³-hybridized carbons (Fsp3) is 0.542. The molecule has 0 saturated carbocycles. The molecule has 0 radical (unpaired) electrons. The summed E-state index contributed by atoms with van der Waals surface area (Å²) in [4.78, 5) is 42.6. The summed E-state index contributed by atoms with van der Waals surface area (Å²) in [5, 5.41) is 0.736. The van der Waals surface area contributed by atoms with Crippen LogP contribution in [0.2, 0.25) is 0 Å². The van der Waals surface area contributed by atoms with E-state index in [1.54, 1.807) is 11.1 Å². The fourth-order valence-electron chi connectivity index (χ4n) is 5.04. The van der Waals surface area contributed by atoms with E-state index in [9.17, 15) is 14.4 Å². The molecule has 0 spiro atoms. The van der Waals surface area contributed by atoms with Gasteiger partial charge in [-0.25, -0.2) is 0 Å².